The van der Waals surface area contributed by atoms with Crippen LogP contribution >= 0.6 is 0 Å². The first-order valence-corrected chi connectivity index (χ1v) is 9.74. The van der Waals surface area contributed by atoms with Crippen LogP contribution in [-0.4, -0.2) is 52.7 Å². The third-order valence-electron chi connectivity index (χ3n) is 3.94. The molecule has 0 saturated carbocycles. The summed E-state index contributed by atoms with van der Waals surface area (Å²) in [4.78, 5) is 0. The Morgan fingerprint density at radius 1 is 1.10 bits per heavy atom. The Labute approximate surface area is 172 Å². The van der Waals surface area contributed by atoms with Gasteiger partial charge in [-0.15, -0.1) is 15.3 Å². The molecule has 0 aliphatic carbocycles. The molecule has 0 spiro atoms. The molecule has 158 valence electrons. The van der Waals surface area contributed by atoms with Gasteiger partial charge in [-0.1, -0.05) is 18.2 Å². The molecule has 0 bridgehead atoms. The fraction of sp³-hybridized carbons (Fsp3) is 0.524. The average molecular weight is 402 g/mol. The van der Waals surface area contributed by atoms with Crippen molar-refractivity contribution in [2.45, 2.75) is 52.3 Å². The number of azo groups is 1. The van der Waals surface area contributed by atoms with E-state index in [1.807, 2.05) is 58.9 Å². The number of benzene rings is 1. The van der Waals surface area contributed by atoms with Crippen LogP contribution in [0.25, 0.3) is 0 Å². The summed E-state index contributed by atoms with van der Waals surface area (Å²) in [5, 5.41) is 29.5. The van der Waals surface area contributed by atoms with Crippen LogP contribution in [0, 0.1) is 6.92 Å². The van der Waals surface area contributed by atoms with Gasteiger partial charge in [-0.3, -0.25) is 0 Å². The molecule has 0 amide bonds. The van der Waals surface area contributed by atoms with Crippen LogP contribution in [0.1, 0.15) is 33.3 Å². The number of hydrogen-bond donors (Lipinski definition) is 2. The minimum absolute atomic E-state index is 0.108. The fourth-order valence-corrected chi connectivity index (χ4v) is 2.28. The zero-order chi connectivity index (χ0) is 21.3. The molecule has 1 unspecified atom stereocenters. The van der Waals surface area contributed by atoms with Gasteiger partial charge in [0, 0.05) is 18.2 Å². The summed E-state index contributed by atoms with van der Waals surface area (Å²) in [6.45, 7) is 10.8. The third-order valence-corrected chi connectivity index (χ3v) is 3.94. The van der Waals surface area contributed by atoms with E-state index in [-0.39, 0.29) is 18.2 Å². The highest BCUT2D eigenvalue weighted by molar-refractivity contribution is 5.31. The van der Waals surface area contributed by atoms with Crippen molar-refractivity contribution >= 4 is 5.82 Å². The molecule has 0 aliphatic rings. The van der Waals surface area contributed by atoms with E-state index in [0.717, 1.165) is 11.3 Å². The van der Waals surface area contributed by atoms with Gasteiger partial charge in [0.2, 0.25) is 5.88 Å². The lowest BCUT2D eigenvalue weighted by Crippen LogP contribution is -2.48. The van der Waals surface area contributed by atoms with E-state index in [2.05, 4.69) is 25.7 Å². The number of ether oxygens (including phenoxy) is 2. The summed E-state index contributed by atoms with van der Waals surface area (Å²) in [6.07, 6.45) is -0.640. The second-order valence-corrected chi connectivity index (χ2v) is 7.82. The van der Waals surface area contributed by atoms with Gasteiger partial charge in [0.25, 0.3) is 0 Å². The monoisotopic (exact) mass is 401 g/mol. The summed E-state index contributed by atoms with van der Waals surface area (Å²) in [5.41, 5.74) is 0.667. The molecule has 0 fully saturated rings. The quantitative estimate of drug-likeness (QED) is 0.559. The summed E-state index contributed by atoms with van der Waals surface area (Å²) in [6, 6.07) is 11.3. The smallest absolute Gasteiger partial charge is 0.233 e. The standard InChI is InChI=1S/C21H31N5O3/c1-15(2)23-24-19-10-11-20(26-25-19)29-14-21(4,5)22-12-17(27)13-28-18-9-7-6-8-16(18)3/h6-11,15,17,22,27H,12-14H2,1-5H3. The number of aryl methyl sites for hydroxylation is 1. The van der Waals surface area contributed by atoms with Crippen molar-refractivity contribution in [1.29, 1.82) is 0 Å². The van der Waals surface area contributed by atoms with Gasteiger partial charge < -0.3 is 19.9 Å². The Morgan fingerprint density at radius 2 is 1.86 bits per heavy atom. The summed E-state index contributed by atoms with van der Waals surface area (Å²) < 4.78 is 11.4. The zero-order valence-electron chi connectivity index (χ0n) is 17.8. The number of aromatic nitrogens is 2. The molecule has 1 aromatic heterocycles. The van der Waals surface area contributed by atoms with E-state index in [4.69, 9.17) is 9.47 Å². The first-order chi connectivity index (χ1) is 13.7. The molecular weight excluding hydrogens is 370 g/mol. The molecule has 2 aromatic rings. The molecule has 8 heteroatoms. The van der Waals surface area contributed by atoms with Gasteiger partial charge in [-0.25, -0.2) is 0 Å². The topological polar surface area (TPSA) is 101 Å². The Balaban J connectivity index is 1.74. The van der Waals surface area contributed by atoms with E-state index >= 15 is 0 Å². The number of aliphatic hydroxyl groups is 1. The number of nitrogens with zero attached hydrogens (tertiary/aromatic N) is 4. The van der Waals surface area contributed by atoms with Crippen molar-refractivity contribution in [1.82, 2.24) is 15.5 Å². The molecule has 1 atom stereocenters. The normalized spacial score (nSPS) is 13.1. The second-order valence-electron chi connectivity index (χ2n) is 7.82. The predicted molar refractivity (Wildman–Crippen MR) is 112 cm³/mol. The molecular formula is C21H31N5O3. The molecule has 1 aromatic carbocycles. The molecule has 0 radical (unpaired) electrons. The first-order valence-electron chi connectivity index (χ1n) is 9.74. The molecule has 2 rings (SSSR count). The third kappa shape index (κ3) is 8.53. The van der Waals surface area contributed by atoms with Crippen LogP contribution in [0.2, 0.25) is 0 Å². The predicted octanol–water partition coefficient (Wildman–Crippen LogP) is 3.46. The van der Waals surface area contributed by atoms with Crippen molar-refractivity contribution in [3.05, 3.63) is 42.0 Å². The van der Waals surface area contributed by atoms with Gasteiger partial charge in [-0.2, -0.15) is 5.11 Å². The highest BCUT2D eigenvalue weighted by atomic mass is 16.5. The Hall–Kier alpha value is -2.58. The number of β-amino-alcohol motifs (C(OH)–C–C–N with tert-alkyl or cyclic N) is 1. The van der Waals surface area contributed by atoms with Crippen LogP contribution in [-0.2, 0) is 0 Å². The highest BCUT2D eigenvalue weighted by Crippen LogP contribution is 2.16. The fourth-order valence-electron chi connectivity index (χ4n) is 2.28. The number of rotatable bonds is 11. The van der Waals surface area contributed by atoms with Crippen molar-refractivity contribution in [2.75, 3.05) is 19.8 Å². The maximum Gasteiger partial charge on any atom is 0.233 e. The number of hydrogen-bond acceptors (Lipinski definition) is 8. The summed E-state index contributed by atoms with van der Waals surface area (Å²) >= 11 is 0. The van der Waals surface area contributed by atoms with Crippen LogP contribution in [0.3, 0.4) is 0 Å². The maximum absolute atomic E-state index is 10.2. The van der Waals surface area contributed by atoms with Crippen molar-refractivity contribution in [3.8, 4) is 11.6 Å². The Bertz CT molecular complexity index is 778. The largest absolute Gasteiger partial charge is 0.491 e. The van der Waals surface area contributed by atoms with Crippen LogP contribution < -0.4 is 14.8 Å². The maximum atomic E-state index is 10.2. The van der Waals surface area contributed by atoms with Crippen LogP contribution in [0.5, 0.6) is 11.6 Å². The Morgan fingerprint density at radius 3 is 2.52 bits per heavy atom. The van der Waals surface area contributed by atoms with Gasteiger partial charge in [0.05, 0.1) is 6.04 Å². The summed E-state index contributed by atoms with van der Waals surface area (Å²) in [7, 11) is 0. The van der Waals surface area contributed by atoms with Crippen molar-refractivity contribution in [2.24, 2.45) is 10.2 Å². The van der Waals surface area contributed by atoms with E-state index in [1.165, 1.54) is 0 Å². The van der Waals surface area contributed by atoms with E-state index in [1.54, 1.807) is 12.1 Å². The van der Waals surface area contributed by atoms with E-state index < -0.39 is 6.10 Å². The lowest BCUT2D eigenvalue weighted by molar-refractivity contribution is 0.0920. The van der Waals surface area contributed by atoms with Gasteiger partial charge in [0.15, 0.2) is 5.82 Å². The lowest BCUT2D eigenvalue weighted by Gasteiger charge is -2.27. The molecule has 0 saturated heterocycles. The van der Waals surface area contributed by atoms with Crippen molar-refractivity contribution < 1.29 is 14.6 Å². The number of para-hydroxylation sites is 1. The van der Waals surface area contributed by atoms with Crippen LogP contribution in [0.4, 0.5) is 5.82 Å². The van der Waals surface area contributed by atoms with E-state index in [0.29, 0.717) is 24.8 Å². The minimum Gasteiger partial charge on any atom is -0.491 e. The number of aliphatic hydroxyl groups excluding tert-OH is 1. The van der Waals surface area contributed by atoms with Gasteiger partial charge >= 0.3 is 0 Å². The van der Waals surface area contributed by atoms with E-state index in [9.17, 15) is 5.11 Å². The highest BCUT2D eigenvalue weighted by Gasteiger charge is 2.20. The molecule has 8 nitrogen and oxygen atoms in total. The number of nitrogens with one attached hydrogen (secondary N) is 1. The van der Waals surface area contributed by atoms with Gasteiger partial charge in [0.1, 0.15) is 25.1 Å². The SMILES string of the molecule is Cc1ccccc1OCC(O)CNC(C)(C)COc1ccc(N=NC(C)C)nn1. The first kappa shape index (κ1) is 22.7. The Kier molecular flexibility index (Phi) is 8.48. The molecule has 1 heterocycles. The van der Waals surface area contributed by atoms with Crippen molar-refractivity contribution in [3.63, 3.8) is 0 Å². The zero-order valence-corrected chi connectivity index (χ0v) is 17.8. The lowest BCUT2D eigenvalue weighted by atomic mass is 10.1. The molecule has 29 heavy (non-hydrogen) atoms. The second kappa shape index (κ2) is 10.8. The molecule has 0 aliphatic heterocycles. The van der Waals surface area contributed by atoms with Gasteiger partial charge in [-0.05, 0) is 52.3 Å². The minimum atomic E-state index is -0.640. The molecule has 2 N–H and O–H groups in total. The van der Waals surface area contributed by atoms with Crippen LogP contribution in [0.15, 0.2) is 46.6 Å². The summed E-state index contributed by atoms with van der Waals surface area (Å²) in [5.74, 6) is 1.64. The average Bonchev–Trinajstić information content (AvgIpc) is 2.69.